The summed E-state index contributed by atoms with van der Waals surface area (Å²) in [5.41, 5.74) is 7.25. The van der Waals surface area contributed by atoms with Gasteiger partial charge in [0.25, 0.3) is 0 Å². The third-order valence-corrected chi connectivity index (χ3v) is 2.96. The molecular weight excluding hydrogens is 196 g/mol. The maximum atomic E-state index is 5.94. The third-order valence-electron chi connectivity index (χ3n) is 2.96. The van der Waals surface area contributed by atoms with Gasteiger partial charge < -0.3 is 5.73 Å². The molecule has 0 aromatic heterocycles. The molecule has 0 aliphatic heterocycles. The van der Waals surface area contributed by atoms with E-state index in [0.29, 0.717) is 24.7 Å². The van der Waals surface area contributed by atoms with Crippen molar-refractivity contribution >= 4 is 0 Å². The summed E-state index contributed by atoms with van der Waals surface area (Å²) in [6, 6.07) is 11.9. The summed E-state index contributed by atoms with van der Waals surface area (Å²) in [6.07, 6.45) is 0. The Hall–Kier alpha value is -0.860. The molecule has 2 heteroatoms. The van der Waals surface area contributed by atoms with E-state index in [2.05, 4.69) is 56.9 Å². The van der Waals surface area contributed by atoms with Gasteiger partial charge in [-0.15, -0.1) is 0 Å². The van der Waals surface area contributed by atoms with Gasteiger partial charge in [0.2, 0.25) is 0 Å². The Balaban J connectivity index is 2.96. The highest BCUT2D eigenvalue weighted by molar-refractivity contribution is 5.19. The Kier molecular flexibility index (Phi) is 4.97. The zero-order valence-corrected chi connectivity index (χ0v) is 10.9. The standard InChI is InChI=1S/C14H24N2/c1-11(2)16(12(3)4)14(10-15)13-8-6-5-7-9-13/h5-9,11-12,14H,10,15H2,1-4H3. The first kappa shape index (κ1) is 13.2. The highest BCUT2D eigenvalue weighted by Gasteiger charge is 2.23. The molecule has 1 aromatic rings. The first-order chi connectivity index (χ1) is 7.57. The minimum absolute atomic E-state index is 0.321. The molecule has 0 bridgehead atoms. The van der Waals surface area contributed by atoms with Gasteiger partial charge in [0.1, 0.15) is 0 Å². The monoisotopic (exact) mass is 220 g/mol. The summed E-state index contributed by atoms with van der Waals surface area (Å²) in [4.78, 5) is 2.47. The van der Waals surface area contributed by atoms with Crippen molar-refractivity contribution in [2.24, 2.45) is 5.73 Å². The average molecular weight is 220 g/mol. The lowest BCUT2D eigenvalue weighted by atomic mass is 10.0. The molecule has 0 heterocycles. The lowest BCUT2D eigenvalue weighted by molar-refractivity contribution is 0.116. The molecule has 0 aliphatic carbocycles. The Morgan fingerprint density at radius 2 is 1.50 bits per heavy atom. The van der Waals surface area contributed by atoms with E-state index in [1.54, 1.807) is 0 Å². The van der Waals surface area contributed by atoms with E-state index in [0.717, 1.165) is 0 Å². The number of nitrogens with zero attached hydrogens (tertiary/aromatic N) is 1. The van der Waals surface area contributed by atoms with Crippen molar-refractivity contribution in [3.63, 3.8) is 0 Å². The van der Waals surface area contributed by atoms with Gasteiger partial charge in [0.15, 0.2) is 0 Å². The van der Waals surface area contributed by atoms with Crippen LogP contribution in [0.1, 0.15) is 39.3 Å². The van der Waals surface area contributed by atoms with Crippen LogP contribution in [0.2, 0.25) is 0 Å². The fourth-order valence-electron chi connectivity index (χ4n) is 2.42. The summed E-state index contributed by atoms with van der Waals surface area (Å²) in [5.74, 6) is 0. The lowest BCUT2D eigenvalue weighted by Crippen LogP contribution is -2.43. The molecule has 0 aliphatic rings. The van der Waals surface area contributed by atoms with Crippen LogP contribution in [0, 0.1) is 0 Å². The van der Waals surface area contributed by atoms with Gasteiger partial charge in [0, 0.05) is 24.7 Å². The second-order valence-electron chi connectivity index (χ2n) is 4.80. The van der Waals surface area contributed by atoms with Gasteiger partial charge in [0.05, 0.1) is 0 Å². The second kappa shape index (κ2) is 6.02. The minimum Gasteiger partial charge on any atom is -0.329 e. The average Bonchev–Trinajstić information content (AvgIpc) is 2.25. The van der Waals surface area contributed by atoms with Crippen LogP contribution < -0.4 is 5.73 Å². The predicted octanol–water partition coefficient (Wildman–Crippen LogP) is 2.81. The fourth-order valence-corrected chi connectivity index (χ4v) is 2.42. The molecule has 0 saturated heterocycles. The van der Waals surface area contributed by atoms with Gasteiger partial charge in [-0.1, -0.05) is 30.3 Å². The van der Waals surface area contributed by atoms with E-state index < -0.39 is 0 Å². The Morgan fingerprint density at radius 3 is 1.88 bits per heavy atom. The normalized spacial score (nSPS) is 13.8. The zero-order chi connectivity index (χ0) is 12.1. The van der Waals surface area contributed by atoms with E-state index in [4.69, 9.17) is 5.73 Å². The molecule has 1 aromatic carbocycles. The highest BCUT2D eigenvalue weighted by Crippen LogP contribution is 2.24. The van der Waals surface area contributed by atoms with Crippen LogP contribution in [0.25, 0.3) is 0 Å². The third kappa shape index (κ3) is 3.06. The van der Waals surface area contributed by atoms with Gasteiger partial charge in [-0.25, -0.2) is 0 Å². The Morgan fingerprint density at radius 1 is 1.00 bits per heavy atom. The maximum Gasteiger partial charge on any atom is 0.0475 e. The molecule has 16 heavy (non-hydrogen) atoms. The minimum atomic E-state index is 0.321. The van der Waals surface area contributed by atoms with Crippen LogP contribution in [-0.4, -0.2) is 23.5 Å². The van der Waals surface area contributed by atoms with Gasteiger partial charge >= 0.3 is 0 Å². The summed E-state index contributed by atoms with van der Waals surface area (Å²) in [5, 5.41) is 0. The predicted molar refractivity (Wildman–Crippen MR) is 70.3 cm³/mol. The van der Waals surface area contributed by atoms with Crippen LogP contribution in [0.5, 0.6) is 0 Å². The largest absolute Gasteiger partial charge is 0.329 e. The maximum absolute atomic E-state index is 5.94. The molecule has 2 nitrogen and oxygen atoms in total. The molecule has 0 amide bonds. The molecule has 1 unspecified atom stereocenters. The number of benzene rings is 1. The molecule has 2 N–H and O–H groups in total. The van der Waals surface area contributed by atoms with Crippen molar-refractivity contribution in [1.29, 1.82) is 0 Å². The SMILES string of the molecule is CC(C)N(C(C)C)C(CN)c1ccccc1. The van der Waals surface area contributed by atoms with Crippen LogP contribution in [0.3, 0.4) is 0 Å². The fraction of sp³-hybridized carbons (Fsp3) is 0.571. The number of hydrogen-bond donors (Lipinski definition) is 1. The Bertz CT molecular complexity index is 285. The van der Waals surface area contributed by atoms with Crippen LogP contribution in [0.15, 0.2) is 30.3 Å². The van der Waals surface area contributed by atoms with Crippen LogP contribution in [-0.2, 0) is 0 Å². The van der Waals surface area contributed by atoms with Crippen molar-refractivity contribution < 1.29 is 0 Å². The van der Waals surface area contributed by atoms with Gasteiger partial charge in [-0.3, -0.25) is 4.90 Å². The van der Waals surface area contributed by atoms with Gasteiger partial charge in [-0.05, 0) is 33.3 Å². The topological polar surface area (TPSA) is 29.3 Å². The summed E-state index contributed by atoms with van der Waals surface area (Å²) in [7, 11) is 0. The first-order valence-corrected chi connectivity index (χ1v) is 6.10. The van der Waals surface area contributed by atoms with Crippen molar-refractivity contribution in [3.8, 4) is 0 Å². The molecule has 0 spiro atoms. The molecular formula is C14H24N2. The molecule has 1 atom stereocenters. The summed E-state index contributed by atoms with van der Waals surface area (Å²) < 4.78 is 0. The van der Waals surface area contributed by atoms with Crippen molar-refractivity contribution in [2.75, 3.05) is 6.54 Å². The first-order valence-electron chi connectivity index (χ1n) is 6.10. The zero-order valence-electron chi connectivity index (χ0n) is 10.9. The summed E-state index contributed by atoms with van der Waals surface area (Å²) in [6.45, 7) is 9.58. The summed E-state index contributed by atoms with van der Waals surface area (Å²) >= 11 is 0. The van der Waals surface area contributed by atoms with Crippen molar-refractivity contribution in [2.45, 2.75) is 45.8 Å². The second-order valence-corrected chi connectivity index (χ2v) is 4.80. The van der Waals surface area contributed by atoms with Crippen LogP contribution >= 0.6 is 0 Å². The quantitative estimate of drug-likeness (QED) is 0.826. The van der Waals surface area contributed by atoms with E-state index in [1.807, 2.05) is 6.07 Å². The van der Waals surface area contributed by atoms with E-state index in [9.17, 15) is 0 Å². The van der Waals surface area contributed by atoms with Crippen molar-refractivity contribution in [1.82, 2.24) is 4.90 Å². The molecule has 0 saturated carbocycles. The number of rotatable bonds is 5. The molecule has 0 radical (unpaired) electrons. The molecule has 90 valence electrons. The Labute approximate surface area is 99.5 Å². The van der Waals surface area contributed by atoms with Crippen LogP contribution in [0.4, 0.5) is 0 Å². The molecule has 1 rings (SSSR count). The van der Waals surface area contributed by atoms with E-state index in [-0.39, 0.29) is 0 Å². The van der Waals surface area contributed by atoms with E-state index in [1.165, 1.54) is 5.56 Å². The smallest absolute Gasteiger partial charge is 0.0475 e. The van der Waals surface area contributed by atoms with Crippen molar-refractivity contribution in [3.05, 3.63) is 35.9 Å². The van der Waals surface area contributed by atoms with Gasteiger partial charge in [-0.2, -0.15) is 0 Å². The highest BCUT2D eigenvalue weighted by atomic mass is 15.2. The lowest BCUT2D eigenvalue weighted by Gasteiger charge is -2.38. The number of nitrogens with two attached hydrogens (primary N) is 1. The van der Waals surface area contributed by atoms with E-state index >= 15 is 0 Å². The number of hydrogen-bond acceptors (Lipinski definition) is 2. The molecule has 0 fully saturated rings.